The highest BCUT2D eigenvalue weighted by molar-refractivity contribution is 5.95. The maximum Gasteiger partial charge on any atom is 0.416 e. The van der Waals surface area contributed by atoms with Crippen LogP contribution in [0.25, 0.3) is 6.08 Å². The molecule has 0 saturated carbocycles. The van der Waals surface area contributed by atoms with Crippen molar-refractivity contribution in [3.63, 3.8) is 0 Å². The van der Waals surface area contributed by atoms with Gasteiger partial charge < -0.3 is 14.5 Å². The van der Waals surface area contributed by atoms with Crippen LogP contribution < -0.4 is 4.74 Å². The van der Waals surface area contributed by atoms with Crippen LogP contribution in [-0.2, 0) is 35.3 Å². The highest BCUT2D eigenvalue weighted by Crippen LogP contribution is 2.29. The van der Waals surface area contributed by atoms with Crippen molar-refractivity contribution in [1.82, 2.24) is 19.7 Å². The van der Waals surface area contributed by atoms with Crippen molar-refractivity contribution in [2.75, 3.05) is 32.8 Å². The molecule has 0 spiro atoms. The summed E-state index contributed by atoms with van der Waals surface area (Å²) in [7, 11) is 0. The molecule has 1 fully saturated rings. The van der Waals surface area contributed by atoms with Crippen LogP contribution in [-0.4, -0.2) is 70.3 Å². The molecule has 7 nitrogen and oxygen atoms in total. The van der Waals surface area contributed by atoms with E-state index in [0.29, 0.717) is 49.8 Å². The molecule has 10 heteroatoms. The zero-order valence-corrected chi connectivity index (χ0v) is 26.9. The topological polar surface area (TPSA) is 66.0 Å². The van der Waals surface area contributed by atoms with Gasteiger partial charge >= 0.3 is 6.18 Å². The highest BCUT2D eigenvalue weighted by atomic mass is 19.4. The van der Waals surface area contributed by atoms with Gasteiger partial charge in [0.2, 0.25) is 17.7 Å². The van der Waals surface area contributed by atoms with Crippen molar-refractivity contribution in [2.24, 2.45) is 0 Å². The summed E-state index contributed by atoms with van der Waals surface area (Å²) in [4.78, 5) is 38.4. The van der Waals surface area contributed by atoms with Gasteiger partial charge in [-0.1, -0.05) is 78.9 Å². The number of alkyl halides is 3. The van der Waals surface area contributed by atoms with Gasteiger partial charge in [0.15, 0.2) is 0 Å². The average molecular weight is 657 g/mol. The number of carbonyl (C=O) groups is 2. The number of ether oxygens (including phenoxy) is 1. The van der Waals surface area contributed by atoms with Crippen LogP contribution in [0.3, 0.4) is 0 Å². The minimum absolute atomic E-state index is 0.0901. The number of halogens is 3. The number of rotatable bonds is 12. The number of nitrogens with zero attached hydrogens (tertiary/aromatic N) is 4. The SMILES string of the molecule is CCOc1ccc(CN(C(=O)C=Cc2ccc(C(F)(F)F)cc2)[C@@H](Cc2ccccc2)C(=O)N2CCN(Cc3ccccc3)CC2)cn1. The molecule has 0 N–H and O–H groups in total. The molecule has 1 saturated heterocycles. The summed E-state index contributed by atoms with van der Waals surface area (Å²) in [6.07, 6.45) is 0.232. The summed E-state index contributed by atoms with van der Waals surface area (Å²) < 4.78 is 44.8. The summed E-state index contributed by atoms with van der Waals surface area (Å²) in [6, 6.07) is 27.0. The maximum absolute atomic E-state index is 14.4. The first-order valence-corrected chi connectivity index (χ1v) is 16.0. The Bertz CT molecular complexity index is 1640. The zero-order valence-electron chi connectivity index (χ0n) is 26.9. The number of hydrogen-bond donors (Lipinski definition) is 0. The molecule has 2 heterocycles. The second-order valence-electron chi connectivity index (χ2n) is 11.6. The van der Waals surface area contributed by atoms with E-state index in [1.54, 1.807) is 12.3 Å². The third kappa shape index (κ3) is 9.54. The van der Waals surface area contributed by atoms with E-state index in [9.17, 15) is 22.8 Å². The Kier molecular flexibility index (Phi) is 11.6. The molecule has 1 atom stereocenters. The van der Waals surface area contributed by atoms with Gasteiger partial charge in [-0.25, -0.2) is 4.98 Å². The van der Waals surface area contributed by atoms with E-state index in [-0.39, 0.29) is 18.9 Å². The number of amides is 2. The first kappa shape index (κ1) is 34.4. The lowest BCUT2D eigenvalue weighted by molar-refractivity contribution is -0.145. The lowest BCUT2D eigenvalue weighted by Crippen LogP contribution is -2.56. The Morgan fingerprint density at radius 2 is 1.50 bits per heavy atom. The Morgan fingerprint density at radius 3 is 2.08 bits per heavy atom. The van der Waals surface area contributed by atoms with E-state index >= 15 is 0 Å². The molecule has 2 amide bonds. The van der Waals surface area contributed by atoms with E-state index in [1.807, 2.05) is 66.4 Å². The zero-order chi connectivity index (χ0) is 33.9. The Morgan fingerprint density at radius 1 is 0.854 bits per heavy atom. The van der Waals surface area contributed by atoms with Crippen LogP contribution >= 0.6 is 0 Å². The Balaban J connectivity index is 1.41. The highest BCUT2D eigenvalue weighted by Gasteiger charge is 2.34. The molecule has 1 aliphatic heterocycles. The molecule has 0 unspecified atom stereocenters. The number of pyridine rings is 1. The van der Waals surface area contributed by atoms with Gasteiger partial charge in [-0.2, -0.15) is 13.2 Å². The van der Waals surface area contributed by atoms with Crippen molar-refractivity contribution in [2.45, 2.75) is 38.7 Å². The van der Waals surface area contributed by atoms with Crippen LogP contribution in [0.4, 0.5) is 13.2 Å². The molecule has 0 bridgehead atoms. The molecule has 3 aromatic carbocycles. The molecule has 1 aliphatic rings. The van der Waals surface area contributed by atoms with Crippen LogP contribution in [0.1, 0.15) is 34.7 Å². The largest absolute Gasteiger partial charge is 0.478 e. The monoisotopic (exact) mass is 656 g/mol. The second-order valence-corrected chi connectivity index (χ2v) is 11.6. The predicted molar refractivity (Wildman–Crippen MR) is 179 cm³/mol. The van der Waals surface area contributed by atoms with Gasteiger partial charge in [0, 0.05) is 64.0 Å². The second kappa shape index (κ2) is 16.2. The standard InChI is InChI=1S/C38H39F3N4O3/c1-2-48-35-19-15-32(26-42-35)28-45(36(46)20-16-29-13-17-33(18-14-29)38(39,40)41)34(25-30-9-5-3-6-10-30)37(47)44-23-21-43(22-24-44)27-31-11-7-4-8-12-31/h3-20,26,34H,2,21-25,27-28H2,1H3/t34-/m0/s1. The molecule has 0 aliphatic carbocycles. The van der Waals surface area contributed by atoms with Crippen LogP contribution in [0, 0.1) is 0 Å². The summed E-state index contributed by atoms with van der Waals surface area (Å²) in [5.74, 6) is -0.152. The third-order valence-electron chi connectivity index (χ3n) is 8.25. The molecule has 5 rings (SSSR count). The van der Waals surface area contributed by atoms with Crippen LogP contribution in [0.15, 0.2) is 109 Å². The summed E-state index contributed by atoms with van der Waals surface area (Å²) in [5.41, 5.74) is 2.47. The number of benzene rings is 3. The van der Waals surface area contributed by atoms with E-state index in [2.05, 4.69) is 22.0 Å². The van der Waals surface area contributed by atoms with Crippen LogP contribution in [0.5, 0.6) is 5.88 Å². The number of piperazine rings is 1. The molecule has 250 valence electrons. The fourth-order valence-corrected chi connectivity index (χ4v) is 5.67. The summed E-state index contributed by atoms with van der Waals surface area (Å²) >= 11 is 0. The predicted octanol–water partition coefficient (Wildman–Crippen LogP) is 6.50. The van der Waals surface area contributed by atoms with E-state index in [0.717, 1.165) is 24.2 Å². The van der Waals surface area contributed by atoms with Crippen molar-refractivity contribution in [3.8, 4) is 5.88 Å². The number of aromatic nitrogens is 1. The van der Waals surface area contributed by atoms with Gasteiger partial charge in [-0.3, -0.25) is 14.5 Å². The first-order chi connectivity index (χ1) is 23.2. The molecule has 0 radical (unpaired) electrons. The normalized spacial score (nSPS) is 14.5. The Hall–Kier alpha value is -4.96. The smallest absolute Gasteiger partial charge is 0.416 e. The van der Waals surface area contributed by atoms with Gasteiger partial charge in [0.05, 0.1) is 12.2 Å². The van der Waals surface area contributed by atoms with Gasteiger partial charge in [-0.05, 0) is 47.4 Å². The molecule has 48 heavy (non-hydrogen) atoms. The molecule has 1 aromatic heterocycles. The van der Waals surface area contributed by atoms with Crippen molar-refractivity contribution in [1.29, 1.82) is 0 Å². The quantitative estimate of drug-likeness (QED) is 0.163. The van der Waals surface area contributed by atoms with E-state index < -0.39 is 23.7 Å². The average Bonchev–Trinajstić information content (AvgIpc) is 3.10. The number of carbonyl (C=O) groups excluding carboxylic acids is 2. The maximum atomic E-state index is 14.4. The van der Waals surface area contributed by atoms with E-state index in [4.69, 9.17) is 4.74 Å². The lowest BCUT2D eigenvalue weighted by atomic mass is 10.0. The van der Waals surface area contributed by atoms with Gasteiger partial charge in [-0.15, -0.1) is 0 Å². The third-order valence-corrected chi connectivity index (χ3v) is 8.25. The number of hydrogen-bond acceptors (Lipinski definition) is 5. The van der Waals surface area contributed by atoms with Crippen molar-refractivity contribution >= 4 is 17.9 Å². The minimum Gasteiger partial charge on any atom is -0.478 e. The van der Waals surface area contributed by atoms with Gasteiger partial charge in [0.1, 0.15) is 6.04 Å². The lowest BCUT2D eigenvalue weighted by Gasteiger charge is -2.39. The van der Waals surface area contributed by atoms with Gasteiger partial charge in [0.25, 0.3) is 0 Å². The minimum atomic E-state index is -4.46. The van der Waals surface area contributed by atoms with Crippen LogP contribution in [0.2, 0.25) is 0 Å². The van der Waals surface area contributed by atoms with E-state index in [1.165, 1.54) is 34.7 Å². The molecule has 4 aromatic rings. The first-order valence-electron chi connectivity index (χ1n) is 16.0. The van der Waals surface area contributed by atoms with Crippen molar-refractivity contribution in [3.05, 3.63) is 137 Å². The molecular formula is C38H39F3N4O3. The fraction of sp³-hybridized carbons (Fsp3) is 0.289. The summed E-state index contributed by atoms with van der Waals surface area (Å²) in [5, 5.41) is 0. The summed E-state index contributed by atoms with van der Waals surface area (Å²) in [6.45, 7) is 5.63. The Labute approximate surface area is 279 Å². The van der Waals surface area contributed by atoms with Crippen molar-refractivity contribution < 1.29 is 27.5 Å². The molecular weight excluding hydrogens is 617 g/mol. The fourth-order valence-electron chi connectivity index (χ4n) is 5.67.